The van der Waals surface area contributed by atoms with E-state index >= 15 is 0 Å². The minimum atomic E-state index is -0.680. The van der Waals surface area contributed by atoms with E-state index in [0.717, 1.165) is 12.5 Å². The summed E-state index contributed by atoms with van der Waals surface area (Å²) in [6.07, 6.45) is 4.73. The molecule has 2 rings (SSSR count). The quantitative estimate of drug-likeness (QED) is 0.180. The second kappa shape index (κ2) is 13.2. The van der Waals surface area contributed by atoms with Crippen LogP contribution >= 0.6 is 0 Å². The summed E-state index contributed by atoms with van der Waals surface area (Å²) in [5, 5.41) is 25.7. The van der Waals surface area contributed by atoms with E-state index in [1.807, 2.05) is 19.9 Å². The monoisotopic (exact) mass is 422 g/mol. The Morgan fingerprint density at radius 1 is 1.23 bits per heavy atom. The number of nitrogen functional groups attached to an aromatic ring is 1. The van der Waals surface area contributed by atoms with Crippen LogP contribution in [0.3, 0.4) is 0 Å². The molecule has 2 amide bonds. The number of nitrogens with two attached hydrogens (primary N) is 1. The van der Waals surface area contributed by atoms with Crippen molar-refractivity contribution in [2.75, 3.05) is 18.8 Å². The predicted octanol–water partition coefficient (Wildman–Crippen LogP) is 2.52. The standard InChI is InChI=1S/C18H24N4O6.C2H6/c19-12-5-8-15(16(11-12)22(26)27)17(24)20-9-10-21-18(25)28-14-4-2-1-3-13(23)6-7-14;1-2/h2,4-5,8,11,13-14,23H,1,3,6-7,9-10,19H2,(H,20,24)(H,21,25);1-2H3/b4-2+;. The highest BCUT2D eigenvalue weighted by Crippen LogP contribution is 2.21. The number of allylic oxidation sites excluding steroid dienone is 1. The van der Waals surface area contributed by atoms with Crippen LogP contribution in [0.5, 0.6) is 0 Å². The van der Waals surface area contributed by atoms with Gasteiger partial charge in [0.05, 0.1) is 11.0 Å². The van der Waals surface area contributed by atoms with Crippen molar-refractivity contribution in [3.05, 3.63) is 46.0 Å². The van der Waals surface area contributed by atoms with Gasteiger partial charge < -0.3 is 26.2 Å². The van der Waals surface area contributed by atoms with E-state index in [1.54, 1.807) is 6.08 Å². The third-order valence-corrected chi connectivity index (χ3v) is 4.20. The highest BCUT2D eigenvalue weighted by Gasteiger charge is 2.20. The van der Waals surface area contributed by atoms with Crippen LogP contribution in [0.15, 0.2) is 30.4 Å². The molecule has 5 N–H and O–H groups in total. The minimum Gasteiger partial charge on any atom is -0.442 e. The van der Waals surface area contributed by atoms with Crippen LogP contribution in [0.2, 0.25) is 0 Å². The maximum absolute atomic E-state index is 12.1. The summed E-state index contributed by atoms with van der Waals surface area (Å²) in [4.78, 5) is 34.3. The maximum atomic E-state index is 12.1. The van der Waals surface area contributed by atoms with Crippen molar-refractivity contribution in [2.24, 2.45) is 0 Å². The Bertz CT molecular complexity index is 753. The molecule has 10 nitrogen and oxygen atoms in total. The van der Waals surface area contributed by atoms with Crippen molar-refractivity contribution in [3.8, 4) is 0 Å². The molecular formula is C20H30N4O6. The lowest BCUT2D eigenvalue weighted by atomic mass is 10.0. The molecule has 0 heterocycles. The van der Waals surface area contributed by atoms with Crippen molar-refractivity contribution in [1.82, 2.24) is 10.6 Å². The van der Waals surface area contributed by atoms with E-state index in [2.05, 4.69) is 10.6 Å². The van der Waals surface area contributed by atoms with E-state index in [0.29, 0.717) is 19.3 Å². The van der Waals surface area contributed by atoms with Gasteiger partial charge in [0, 0.05) is 24.8 Å². The summed E-state index contributed by atoms with van der Waals surface area (Å²) in [6, 6.07) is 3.79. The fourth-order valence-corrected chi connectivity index (χ4v) is 2.74. The topological polar surface area (TPSA) is 157 Å². The number of anilines is 1. The summed E-state index contributed by atoms with van der Waals surface area (Å²) in [7, 11) is 0. The SMILES string of the molecule is CC.Nc1ccc(C(=O)NCCNC(=O)OC2/C=C/CCC(O)CC2)c([N+](=O)[O-])c1. The molecule has 0 radical (unpaired) electrons. The Kier molecular flexibility index (Phi) is 10.9. The van der Waals surface area contributed by atoms with Crippen LogP contribution in [0.1, 0.15) is 49.9 Å². The third-order valence-electron chi connectivity index (χ3n) is 4.20. The number of amides is 2. The first kappa shape index (κ1) is 24.9. The van der Waals surface area contributed by atoms with E-state index in [-0.39, 0.29) is 30.0 Å². The van der Waals surface area contributed by atoms with Crippen molar-refractivity contribution in [2.45, 2.75) is 51.7 Å². The second-order valence-corrected chi connectivity index (χ2v) is 6.40. The normalized spacial score (nSPS) is 19.2. The lowest BCUT2D eigenvalue weighted by Gasteiger charge is -2.19. The van der Waals surface area contributed by atoms with E-state index in [1.165, 1.54) is 12.1 Å². The smallest absolute Gasteiger partial charge is 0.407 e. The summed E-state index contributed by atoms with van der Waals surface area (Å²) >= 11 is 0. The zero-order valence-corrected chi connectivity index (χ0v) is 17.3. The van der Waals surface area contributed by atoms with Gasteiger partial charge in [-0.3, -0.25) is 14.9 Å². The second-order valence-electron chi connectivity index (χ2n) is 6.40. The highest BCUT2D eigenvalue weighted by atomic mass is 16.6. The largest absolute Gasteiger partial charge is 0.442 e. The number of rotatable bonds is 6. The van der Waals surface area contributed by atoms with Gasteiger partial charge in [0.2, 0.25) is 0 Å². The van der Waals surface area contributed by atoms with Gasteiger partial charge in [-0.2, -0.15) is 0 Å². The zero-order valence-electron chi connectivity index (χ0n) is 17.3. The van der Waals surface area contributed by atoms with Crippen molar-refractivity contribution < 1.29 is 24.4 Å². The van der Waals surface area contributed by atoms with Crippen LogP contribution in [0, 0.1) is 10.1 Å². The molecule has 166 valence electrons. The molecule has 0 aromatic heterocycles. The van der Waals surface area contributed by atoms with Crippen molar-refractivity contribution in [3.63, 3.8) is 0 Å². The Labute approximate surface area is 175 Å². The number of nitrogens with zero attached hydrogens (tertiary/aromatic N) is 1. The molecule has 2 atom stereocenters. The lowest BCUT2D eigenvalue weighted by Crippen LogP contribution is -2.36. The maximum Gasteiger partial charge on any atom is 0.407 e. The number of hydrogen-bond acceptors (Lipinski definition) is 7. The number of aliphatic hydroxyl groups is 1. The molecule has 0 saturated carbocycles. The molecule has 0 spiro atoms. The molecule has 1 aromatic rings. The van der Waals surface area contributed by atoms with Crippen molar-refractivity contribution >= 4 is 23.4 Å². The molecule has 2 unspecified atom stereocenters. The number of ether oxygens (including phenoxy) is 1. The number of alkyl carbamates (subject to hydrolysis) is 1. The fraction of sp³-hybridized carbons (Fsp3) is 0.500. The Hall–Kier alpha value is -3.14. The summed E-state index contributed by atoms with van der Waals surface area (Å²) in [5.74, 6) is -0.640. The molecule has 1 aliphatic carbocycles. The number of nitro groups is 1. The lowest BCUT2D eigenvalue weighted by molar-refractivity contribution is -0.385. The summed E-state index contributed by atoms with van der Waals surface area (Å²) in [5.41, 5.74) is 5.19. The highest BCUT2D eigenvalue weighted by molar-refractivity contribution is 5.98. The molecule has 0 bridgehead atoms. The van der Waals surface area contributed by atoms with Crippen LogP contribution in [0.4, 0.5) is 16.2 Å². The first-order chi connectivity index (χ1) is 14.4. The van der Waals surface area contributed by atoms with Crippen LogP contribution in [-0.2, 0) is 4.74 Å². The van der Waals surface area contributed by atoms with Crippen LogP contribution in [-0.4, -0.2) is 47.3 Å². The third kappa shape index (κ3) is 8.48. The molecule has 30 heavy (non-hydrogen) atoms. The van der Waals surface area contributed by atoms with E-state index in [4.69, 9.17) is 10.5 Å². The molecular weight excluding hydrogens is 392 g/mol. The first-order valence-electron chi connectivity index (χ1n) is 9.98. The van der Waals surface area contributed by atoms with Gasteiger partial charge in [-0.25, -0.2) is 4.79 Å². The van der Waals surface area contributed by atoms with Crippen LogP contribution in [0.25, 0.3) is 0 Å². The predicted molar refractivity (Wildman–Crippen MR) is 113 cm³/mol. The zero-order chi connectivity index (χ0) is 22.5. The van der Waals surface area contributed by atoms with Gasteiger partial charge >= 0.3 is 6.09 Å². The van der Waals surface area contributed by atoms with Gasteiger partial charge in [0.15, 0.2) is 0 Å². The number of nitro benzene ring substituents is 1. The van der Waals surface area contributed by atoms with Crippen LogP contribution < -0.4 is 16.4 Å². The Balaban J connectivity index is 0.00000218. The average Bonchev–Trinajstić information content (AvgIpc) is 2.72. The number of aliphatic hydroxyl groups excluding tert-OH is 1. The summed E-state index contributed by atoms with van der Waals surface area (Å²) in [6.45, 7) is 4.15. The minimum absolute atomic E-state index is 0.0642. The van der Waals surface area contributed by atoms with Gasteiger partial charge in [0.1, 0.15) is 11.7 Å². The Morgan fingerprint density at radius 2 is 1.93 bits per heavy atom. The number of carbonyl (C=O) groups excluding carboxylic acids is 2. The molecule has 1 aromatic carbocycles. The summed E-state index contributed by atoms with van der Waals surface area (Å²) < 4.78 is 5.27. The number of nitrogens with one attached hydrogen (secondary N) is 2. The first-order valence-corrected chi connectivity index (χ1v) is 9.98. The molecule has 0 fully saturated rings. The van der Waals surface area contributed by atoms with Gasteiger partial charge in [-0.15, -0.1) is 0 Å². The Morgan fingerprint density at radius 3 is 2.63 bits per heavy atom. The molecule has 0 saturated heterocycles. The molecule has 10 heteroatoms. The number of carbonyl (C=O) groups is 2. The average molecular weight is 422 g/mol. The van der Waals surface area contributed by atoms with Crippen molar-refractivity contribution in [1.29, 1.82) is 0 Å². The van der Waals surface area contributed by atoms with Gasteiger partial charge in [-0.05, 0) is 43.9 Å². The van der Waals surface area contributed by atoms with Gasteiger partial charge in [-0.1, -0.05) is 19.9 Å². The van der Waals surface area contributed by atoms with E-state index in [9.17, 15) is 24.8 Å². The molecule has 1 aliphatic rings. The fourth-order valence-electron chi connectivity index (χ4n) is 2.74. The number of benzene rings is 1. The van der Waals surface area contributed by atoms with E-state index < -0.39 is 29.1 Å². The van der Waals surface area contributed by atoms with Gasteiger partial charge in [0.25, 0.3) is 11.6 Å². The molecule has 0 aliphatic heterocycles. The number of hydrogen-bond donors (Lipinski definition) is 4.